The third-order valence-electron chi connectivity index (χ3n) is 2.58. The molecule has 1 heterocycles. The summed E-state index contributed by atoms with van der Waals surface area (Å²) < 4.78 is 1.02. The smallest absolute Gasteiger partial charge is 0.303 e. The topological polar surface area (TPSA) is 57.5 Å². The SMILES string of the molecule is Cc1cc(C(O)CC(C)(C)CC(=O)O)sc1Br. The lowest BCUT2D eigenvalue weighted by Crippen LogP contribution is -2.19. The molecule has 0 radical (unpaired) electrons. The van der Waals surface area contributed by atoms with E-state index in [9.17, 15) is 9.90 Å². The van der Waals surface area contributed by atoms with Gasteiger partial charge in [-0.05, 0) is 46.3 Å². The lowest BCUT2D eigenvalue weighted by molar-refractivity contribution is -0.139. The summed E-state index contributed by atoms with van der Waals surface area (Å²) in [7, 11) is 0. The fourth-order valence-electron chi connectivity index (χ4n) is 1.75. The van der Waals surface area contributed by atoms with Crippen molar-refractivity contribution in [1.29, 1.82) is 0 Å². The van der Waals surface area contributed by atoms with Gasteiger partial charge in [0.2, 0.25) is 0 Å². The van der Waals surface area contributed by atoms with E-state index in [-0.39, 0.29) is 6.42 Å². The molecule has 1 aromatic heterocycles. The molecular weight excluding hydrogens is 304 g/mol. The van der Waals surface area contributed by atoms with E-state index in [2.05, 4.69) is 15.9 Å². The second kappa shape index (κ2) is 5.50. The van der Waals surface area contributed by atoms with Crippen LogP contribution in [0.1, 0.15) is 43.2 Å². The Labute approximate surface area is 114 Å². The number of hydrogen-bond donors (Lipinski definition) is 2. The minimum Gasteiger partial charge on any atom is -0.481 e. The molecule has 0 bridgehead atoms. The largest absolute Gasteiger partial charge is 0.481 e. The summed E-state index contributed by atoms with van der Waals surface area (Å²) in [5.41, 5.74) is 0.690. The van der Waals surface area contributed by atoms with Gasteiger partial charge in [0.15, 0.2) is 0 Å². The van der Waals surface area contributed by atoms with Crippen LogP contribution in [0.3, 0.4) is 0 Å². The molecule has 3 nitrogen and oxygen atoms in total. The molecule has 0 aliphatic rings. The first-order valence-electron chi connectivity index (χ1n) is 5.37. The van der Waals surface area contributed by atoms with Crippen LogP contribution in [-0.2, 0) is 4.79 Å². The molecule has 0 saturated carbocycles. The highest BCUT2D eigenvalue weighted by atomic mass is 79.9. The molecule has 0 aromatic carbocycles. The van der Waals surface area contributed by atoms with Gasteiger partial charge in [0, 0.05) is 4.88 Å². The van der Waals surface area contributed by atoms with E-state index >= 15 is 0 Å². The van der Waals surface area contributed by atoms with E-state index in [0.717, 1.165) is 14.2 Å². The molecule has 0 saturated heterocycles. The Hall–Kier alpha value is -0.390. The maximum atomic E-state index is 10.7. The van der Waals surface area contributed by atoms with Gasteiger partial charge in [0.1, 0.15) is 0 Å². The molecule has 5 heteroatoms. The van der Waals surface area contributed by atoms with E-state index in [1.807, 2.05) is 26.8 Å². The number of aliphatic hydroxyl groups is 1. The Morgan fingerprint density at radius 3 is 2.59 bits per heavy atom. The summed E-state index contributed by atoms with van der Waals surface area (Å²) in [6.45, 7) is 5.69. The minimum atomic E-state index is -0.828. The molecule has 96 valence electrons. The van der Waals surface area contributed by atoms with Gasteiger partial charge in [-0.1, -0.05) is 13.8 Å². The maximum absolute atomic E-state index is 10.7. The van der Waals surface area contributed by atoms with Crippen molar-refractivity contribution in [2.75, 3.05) is 0 Å². The third-order valence-corrected chi connectivity index (χ3v) is 4.82. The first-order valence-corrected chi connectivity index (χ1v) is 6.98. The molecular formula is C12H17BrO3S. The van der Waals surface area contributed by atoms with Gasteiger partial charge in [-0.3, -0.25) is 4.79 Å². The second-order valence-corrected chi connectivity index (χ2v) is 7.46. The summed E-state index contributed by atoms with van der Waals surface area (Å²) in [5.74, 6) is -0.828. The molecule has 1 aromatic rings. The van der Waals surface area contributed by atoms with Crippen LogP contribution in [0.5, 0.6) is 0 Å². The predicted molar refractivity (Wildman–Crippen MR) is 72.4 cm³/mol. The van der Waals surface area contributed by atoms with Crippen LogP contribution >= 0.6 is 27.3 Å². The van der Waals surface area contributed by atoms with Crippen molar-refractivity contribution in [2.24, 2.45) is 5.41 Å². The standard InChI is InChI=1S/C12H17BrO3S/c1-7-4-9(17-11(7)13)8(14)5-12(2,3)6-10(15)16/h4,8,14H,5-6H2,1-3H3,(H,15,16). The molecule has 1 atom stereocenters. The third kappa shape index (κ3) is 4.41. The number of aryl methyl sites for hydroxylation is 1. The zero-order valence-electron chi connectivity index (χ0n) is 10.2. The number of carboxylic acids is 1. The summed E-state index contributed by atoms with van der Waals surface area (Å²) in [4.78, 5) is 11.6. The van der Waals surface area contributed by atoms with Crippen molar-refractivity contribution in [3.63, 3.8) is 0 Å². The number of rotatable bonds is 5. The van der Waals surface area contributed by atoms with Crippen molar-refractivity contribution < 1.29 is 15.0 Å². The minimum absolute atomic E-state index is 0.0651. The molecule has 1 unspecified atom stereocenters. The summed E-state index contributed by atoms with van der Waals surface area (Å²) in [5, 5.41) is 18.9. The van der Waals surface area contributed by atoms with Crippen molar-refractivity contribution in [2.45, 2.75) is 39.7 Å². The van der Waals surface area contributed by atoms with Crippen LogP contribution < -0.4 is 0 Å². The van der Waals surface area contributed by atoms with E-state index in [1.165, 1.54) is 11.3 Å². The number of halogens is 1. The van der Waals surface area contributed by atoms with Crippen molar-refractivity contribution >= 4 is 33.2 Å². The van der Waals surface area contributed by atoms with E-state index < -0.39 is 17.5 Å². The van der Waals surface area contributed by atoms with Gasteiger partial charge in [0.05, 0.1) is 16.3 Å². The second-order valence-electron chi connectivity index (χ2n) is 5.06. The monoisotopic (exact) mass is 320 g/mol. The lowest BCUT2D eigenvalue weighted by Gasteiger charge is -2.25. The molecule has 1 rings (SSSR count). The van der Waals surface area contributed by atoms with Gasteiger partial charge < -0.3 is 10.2 Å². The Kier molecular flexibility index (Phi) is 4.75. The van der Waals surface area contributed by atoms with Crippen LogP contribution in [0, 0.1) is 12.3 Å². The van der Waals surface area contributed by atoms with E-state index in [0.29, 0.717) is 6.42 Å². The van der Waals surface area contributed by atoms with Crippen LogP contribution in [0.15, 0.2) is 9.85 Å². The number of thiophene rings is 1. The number of aliphatic hydroxyl groups excluding tert-OH is 1. The Balaban J connectivity index is 2.71. The van der Waals surface area contributed by atoms with Crippen LogP contribution in [0.25, 0.3) is 0 Å². The average molecular weight is 321 g/mol. The number of carbonyl (C=O) groups is 1. The van der Waals surface area contributed by atoms with E-state index in [1.54, 1.807) is 0 Å². The highest BCUT2D eigenvalue weighted by molar-refractivity contribution is 9.11. The van der Waals surface area contributed by atoms with Gasteiger partial charge >= 0.3 is 5.97 Å². The fraction of sp³-hybridized carbons (Fsp3) is 0.583. The molecule has 0 amide bonds. The van der Waals surface area contributed by atoms with Crippen molar-refractivity contribution in [3.05, 3.63) is 20.3 Å². The van der Waals surface area contributed by atoms with Gasteiger partial charge in [-0.25, -0.2) is 0 Å². The fourth-order valence-corrected chi connectivity index (χ4v) is 3.31. The highest BCUT2D eigenvalue weighted by Gasteiger charge is 2.26. The molecule has 17 heavy (non-hydrogen) atoms. The summed E-state index contributed by atoms with van der Waals surface area (Å²) in [6, 6.07) is 1.94. The van der Waals surface area contributed by atoms with Crippen LogP contribution in [0.4, 0.5) is 0 Å². The molecule has 0 fully saturated rings. The lowest BCUT2D eigenvalue weighted by atomic mass is 9.83. The normalized spacial score (nSPS) is 13.7. The Morgan fingerprint density at radius 1 is 1.59 bits per heavy atom. The molecule has 2 N–H and O–H groups in total. The zero-order valence-corrected chi connectivity index (χ0v) is 12.6. The molecule has 0 aliphatic carbocycles. The zero-order chi connectivity index (χ0) is 13.2. The number of hydrogen-bond acceptors (Lipinski definition) is 3. The maximum Gasteiger partial charge on any atom is 0.303 e. The number of carboxylic acid groups (broad SMARTS) is 1. The van der Waals surface area contributed by atoms with Crippen LogP contribution in [-0.4, -0.2) is 16.2 Å². The molecule has 0 spiro atoms. The van der Waals surface area contributed by atoms with Gasteiger partial charge in [-0.2, -0.15) is 0 Å². The highest BCUT2D eigenvalue weighted by Crippen LogP contribution is 2.38. The Bertz CT molecular complexity index is 392. The Morgan fingerprint density at radius 2 is 2.18 bits per heavy atom. The van der Waals surface area contributed by atoms with Crippen LogP contribution in [0.2, 0.25) is 0 Å². The first kappa shape index (κ1) is 14.7. The summed E-state index contributed by atoms with van der Waals surface area (Å²) in [6.07, 6.45) is -0.0827. The first-order chi connectivity index (χ1) is 7.71. The van der Waals surface area contributed by atoms with E-state index in [4.69, 9.17) is 5.11 Å². The molecule has 0 aliphatic heterocycles. The quantitative estimate of drug-likeness (QED) is 0.868. The van der Waals surface area contributed by atoms with Gasteiger partial charge in [0.25, 0.3) is 0 Å². The van der Waals surface area contributed by atoms with Gasteiger partial charge in [-0.15, -0.1) is 11.3 Å². The predicted octanol–water partition coefficient (Wildman–Crippen LogP) is 3.74. The van der Waals surface area contributed by atoms with Crippen molar-refractivity contribution in [3.8, 4) is 0 Å². The van der Waals surface area contributed by atoms with Crippen molar-refractivity contribution in [1.82, 2.24) is 0 Å². The number of aliphatic carboxylic acids is 1. The summed E-state index contributed by atoms with van der Waals surface area (Å²) >= 11 is 4.92. The average Bonchev–Trinajstić information content (AvgIpc) is 2.43.